The van der Waals surface area contributed by atoms with Crippen LogP contribution in [0.5, 0.6) is 0 Å². The maximum atomic E-state index is 12.1. The minimum absolute atomic E-state index is 0.184. The van der Waals surface area contributed by atoms with Crippen LogP contribution in [0.15, 0.2) is 66.4 Å². The Labute approximate surface area is 240 Å². The molecule has 40 heavy (non-hydrogen) atoms. The largest absolute Gasteiger partial charge is 0.478 e. The molecule has 8 nitrogen and oxygen atoms in total. The fourth-order valence-corrected chi connectivity index (χ4v) is 6.79. The van der Waals surface area contributed by atoms with Crippen molar-refractivity contribution in [3.8, 4) is 0 Å². The van der Waals surface area contributed by atoms with Gasteiger partial charge in [0, 0.05) is 47.7 Å². The second kappa shape index (κ2) is 11.5. The number of anilines is 1. The summed E-state index contributed by atoms with van der Waals surface area (Å²) in [4.78, 5) is 14.4. The monoisotopic (exact) mass is 585 g/mol. The first-order valence-electron chi connectivity index (χ1n) is 13.3. The van der Waals surface area contributed by atoms with Crippen LogP contribution in [0.25, 0.3) is 0 Å². The summed E-state index contributed by atoms with van der Waals surface area (Å²) in [6, 6.07) is 13.5. The van der Waals surface area contributed by atoms with Gasteiger partial charge in [-0.2, -0.15) is 13.0 Å². The number of rotatable bonds is 11. The van der Waals surface area contributed by atoms with Crippen LogP contribution >= 0.6 is 12.0 Å². The van der Waals surface area contributed by atoms with E-state index in [0.29, 0.717) is 17.9 Å². The van der Waals surface area contributed by atoms with E-state index in [1.54, 1.807) is 12.1 Å². The smallest absolute Gasteiger partial charge is 0.336 e. The van der Waals surface area contributed by atoms with Gasteiger partial charge < -0.3 is 14.6 Å². The molecule has 0 radical (unpaired) electrons. The molecule has 0 bridgehead atoms. The number of fused-ring (bicyclic) bond motifs is 2. The van der Waals surface area contributed by atoms with Crippen LogP contribution in [-0.4, -0.2) is 63.5 Å². The summed E-state index contributed by atoms with van der Waals surface area (Å²) in [7, 11) is -4.12. The van der Waals surface area contributed by atoms with Crippen LogP contribution < -0.4 is 4.90 Å². The second-order valence-corrected chi connectivity index (χ2v) is 13.4. The SMILES string of the molecule is CC1(C)C(=CC=CC2=[N+](CCCS(=O)(=O)O)c3cccc(C(=O)O)c3C2(C)C)N(CCCSO)c2ccccc21. The number of carbonyl (C=O) groups is 1. The van der Waals surface area contributed by atoms with Crippen molar-refractivity contribution in [2.24, 2.45) is 0 Å². The summed E-state index contributed by atoms with van der Waals surface area (Å²) in [6.45, 7) is 9.39. The van der Waals surface area contributed by atoms with Gasteiger partial charge in [-0.3, -0.25) is 4.55 Å². The Balaban J connectivity index is 1.77. The molecule has 10 heteroatoms. The molecule has 2 heterocycles. The summed E-state index contributed by atoms with van der Waals surface area (Å²) in [5, 5.41) is 9.93. The fraction of sp³-hybridized carbons (Fsp3) is 0.400. The van der Waals surface area contributed by atoms with Gasteiger partial charge in [0.1, 0.15) is 6.54 Å². The van der Waals surface area contributed by atoms with Gasteiger partial charge in [0.05, 0.1) is 22.3 Å². The Bertz CT molecular complexity index is 1510. The molecular weight excluding hydrogens is 548 g/mol. The number of hydrogen-bond donors (Lipinski definition) is 3. The van der Waals surface area contributed by atoms with Gasteiger partial charge in [0.2, 0.25) is 5.69 Å². The van der Waals surface area contributed by atoms with E-state index in [0.717, 1.165) is 47.8 Å². The zero-order valence-corrected chi connectivity index (χ0v) is 24.9. The van der Waals surface area contributed by atoms with Gasteiger partial charge in [-0.05, 0) is 56.1 Å². The number of allylic oxidation sites excluding steroid dienone is 4. The first kappa shape index (κ1) is 30.0. The lowest BCUT2D eigenvalue weighted by Crippen LogP contribution is -2.29. The van der Waals surface area contributed by atoms with Crippen LogP contribution in [0.4, 0.5) is 11.4 Å². The Hall–Kier alpha value is -2.92. The van der Waals surface area contributed by atoms with E-state index in [1.807, 2.05) is 48.8 Å². The van der Waals surface area contributed by atoms with Crippen molar-refractivity contribution in [2.45, 2.75) is 51.4 Å². The average molecular weight is 586 g/mol. The molecule has 0 spiro atoms. The van der Waals surface area contributed by atoms with Gasteiger partial charge in [-0.1, -0.05) is 44.2 Å². The summed E-state index contributed by atoms with van der Waals surface area (Å²) >= 11 is 0.843. The number of benzene rings is 2. The number of para-hydroxylation sites is 1. The molecule has 0 saturated heterocycles. The van der Waals surface area contributed by atoms with Gasteiger partial charge in [0.25, 0.3) is 10.1 Å². The molecule has 3 N–H and O–H groups in total. The van der Waals surface area contributed by atoms with E-state index < -0.39 is 21.5 Å². The van der Waals surface area contributed by atoms with Gasteiger partial charge in [0.15, 0.2) is 5.71 Å². The second-order valence-electron chi connectivity index (χ2n) is 11.2. The van der Waals surface area contributed by atoms with E-state index in [9.17, 15) is 27.4 Å². The maximum Gasteiger partial charge on any atom is 0.336 e. The molecule has 2 aliphatic rings. The first-order chi connectivity index (χ1) is 18.8. The van der Waals surface area contributed by atoms with E-state index in [1.165, 1.54) is 5.56 Å². The van der Waals surface area contributed by atoms with Crippen LogP contribution in [0, 0.1) is 0 Å². The minimum Gasteiger partial charge on any atom is -0.478 e. The molecule has 2 aromatic rings. The van der Waals surface area contributed by atoms with E-state index in [4.69, 9.17) is 0 Å². The highest BCUT2D eigenvalue weighted by Crippen LogP contribution is 2.48. The molecule has 4 rings (SSSR count). The predicted molar refractivity (Wildman–Crippen MR) is 161 cm³/mol. The summed E-state index contributed by atoms with van der Waals surface area (Å²) in [6.07, 6.45) is 7.05. The van der Waals surface area contributed by atoms with E-state index in [2.05, 4.69) is 37.0 Å². The lowest BCUT2D eigenvalue weighted by Gasteiger charge is -2.27. The topological polar surface area (TPSA) is 118 Å². The number of nitrogens with zero attached hydrogens (tertiary/aromatic N) is 2. The zero-order valence-electron chi connectivity index (χ0n) is 23.3. The predicted octanol–water partition coefficient (Wildman–Crippen LogP) is 5.87. The van der Waals surface area contributed by atoms with Crippen molar-refractivity contribution in [1.29, 1.82) is 0 Å². The Morgan fingerprint density at radius 3 is 2.45 bits per heavy atom. The summed E-state index contributed by atoms with van der Waals surface area (Å²) in [5.41, 5.74) is 5.04. The highest BCUT2D eigenvalue weighted by Gasteiger charge is 2.47. The number of hydrogen-bond acceptors (Lipinski definition) is 6. The molecule has 0 amide bonds. The summed E-state index contributed by atoms with van der Waals surface area (Å²) < 4.78 is 43.3. The van der Waals surface area contributed by atoms with Crippen molar-refractivity contribution >= 4 is 45.2 Å². The van der Waals surface area contributed by atoms with Crippen molar-refractivity contribution in [2.75, 3.05) is 29.5 Å². The standard InChI is InChI=1S/C30H36N2O6S2/c1-29(2)22-12-5-6-13-23(22)31(17-9-19-39-35)25(29)15-8-16-26-30(3,4)27-21(28(33)34)11-7-14-24(27)32(26)18-10-20-40(36,37)38/h5-8,11-16H,9-10,17-20H2,1-4H3,(H2-,33,34,35,36,37,38)/p+1. The molecule has 0 unspecified atom stereocenters. The third-order valence-corrected chi connectivity index (χ3v) is 9.10. The third kappa shape index (κ3) is 5.76. The fourth-order valence-electron chi connectivity index (χ4n) is 6.04. The molecule has 0 aliphatic carbocycles. The first-order valence-corrected chi connectivity index (χ1v) is 15.8. The van der Waals surface area contributed by atoms with Gasteiger partial charge in [-0.25, -0.2) is 4.79 Å². The molecule has 0 aromatic heterocycles. The lowest BCUT2D eigenvalue weighted by atomic mass is 9.79. The number of aromatic carboxylic acids is 1. The number of carboxylic acid groups (broad SMARTS) is 1. The molecule has 0 atom stereocenters. The van der Waals surface area contributed by atoms with E-state index >= 15 is 0 Å². The molecule has 0 saturated carbocycles. The Morgan fingerprint density at radius 1 is 1.05 bits per heavy atom. The van der Waals surface area contributed by atoms with Crippen LogP contribution in [0.1, 0.15) is 62.0 Å². The highest BCUT2D eigenvalue weighted by atomic mass is 32.2. The average Bonchev–Trinajstić information content (AvgIpc) is 3.23. The highest BCUT2D eigenvalue weighted by molar-refractivity contribution is 7.93. The van der Waals surface area contributed by atoms with Gasteiger partial charge >= 0.3 is 5.97 Å². The van der Waals surface area contributed by atoms with E-state index in [-0.39, 0.29) is 23.2 Å². The maximum absolute atomic E-state index is 12.1. The lowest BCUT2D eigenvalue weighted by molar-refractivity contribution is -0.437. The Morgan fingerprint density at radius 2 is 1.77 bits per heavy atom. The number of carboxylic acids is 1. The molecule has 2 aliphatic heterocycles. The van der Waals surface area contributed by atoms with Crippen molar-refractivity contribution in [1.82, 2.24) is 0 Å². The minimum atomic E-state index is -4.12. The third-order valence-electron chi connectivity index (χ3n) is 7.83. The zero-order chi connectivity index (χ0) is 29.3. The normalized spacial score (nSPS) is 18.6. The molecule has 214 valence electrons. The Kier molecular flexibility index (Phi) is 8.65. The quantitative estimate of drug-likeness (QED) is 0.130. The molecule has 2 aromatic carbocycles. The van der Waals surface area contributed by atoms with Crippen LogP contribution in [0.3, 0.4) is 0 Å². The van der Waals surface area contributed by atoms with Crippen LogP contribution in [-0.2, 0) is 20.9 Å². The van der Waals surface area contributed by atoms with Crippen LogP contribution in [0.2, 0.25) is 0 Å². The molecular formula is C30H37N2O6S2+. The van der Waals surface area contributed by atoms with Crippen molar-refractivity contribution in [3.05, 3.63) is 83.1 Å². The molecule has 0 fully saturated rings. The van der Waals surface area contributed by atoms with Crippen molar-refractivity contribution in [3.63, 3.8) is 0 Å². The van der Waals surface area contributed by atoms with Crippen molar-refractivity contribution < 1.29 is 32.0 Å². The van der Waals surface area contributed by atoms with Gasteiger partial charge in [-0.15, -0.1) is 0 Å². The summed E-state index contributed by atoms with van der Waals surface area (Å²) in [5.74, 6) is -0.763.